The van der Waals surface area contributed by atoms with Crippen molar-refractivity contribution in [2.75, 3.05) is 61.2 Å². The van der Waals surface area contributed by atoms with Crippen LogP contribution in [0.2, 0.25) is 0 Å². The molecule has 1 fully saturated rings. The van der Waals surface area contributed by atoms with Crippen molar-refractivity contribution in [3.63, 3.8) is 0 Å². The molecule has 31 heavy (non-hydrogen) atoms. The number of nitrogens with one attached hydrogen (secondary N) is 1. The first-order chi connectivity index (χ1) is 15.1. The van der Waals surface area contributed by atoms with Crippen molar-refractivity contribution in [3.05, 3.63) is 54.6 Å². The van der Waals surface area contributed by atoms with Crippen LogP contribution < -0.4 is 30.3 Å². The third-order valence-corrected chi connectivity index (χ3v) is 5.29. The minimum atomic E-state index is -0.233. The number of nitrogens with zero attached hydrogens (tertiary/aromatic N) is 4. The average molecular weight is 424 g/mol. The SMILES string of the molecule is COc1ccc(OC)c(Nc2ncnc(N3CCN(c4ccc(F)cc4)CC3)c2N)c1. The molecule has 162 valence electrons. The number of hydrogen-bond acceptors (Lipinski definition) is 8. The molecule has 1 aliphatic rings. The van der Waals surface area contributed by atoms with E-state index in [2.05, 4.69) is 25.1 Å². The van der Waals surface area contributed by atoms with Gasteiger partial charge >= 0.3 is 0 Å². The highest BCUT2D eigenvalue weighted by Gasteiger charge is 2.22. The van der Waals surface area contributed by atoms with Crippen molar-refractivity contribution in [3.8, 4) is 11.5 Å². The number of benzene rings is 2. The molecule has 3 N–H and O–H groups in total. The average Bonchev–Trinajstić information content (AvgIpc) is 2.81. The van der Waals surface area contributed by atoms with E-state index in [0.29, 0.717) is 34.5 Å². The van der Waals surface area contributed by atoms with Gasteiger partial charge in [0.15, 0.2) is 11.6 Å². The largest absolute Gasteiger partial charge is 0.497 e. The zero-order valence-electron chi connectivity index (χ0n) is 17.5. The molecule has 0 radical (unpaired) electrons. The fourth-order valence-electron chi connectivity index (χ4n) is 3.61. The van der Waals surface area contributed by atoms with Crippen molar-refractivity contribution in [1.82, 2.24) is 9.97 Å². The predicted octanol–water partition coefficient (Wildman–Crippen LogP) is 3.29. The van der Waals surface area contributed by atoms with Gasteiger partial charge < -0.3 is 30.3 Å². The molecule has 1 aliphatic heterocycles. The van der Waals surface area contributed by atoms with Crippen molar-refractivity contribution >= 4 is 28.7 Å². The number of methoxy groups -OCH3 is 2. The molecule has 0 spiro atoms. The smallest absolute Gasteiger partial charge is 0.159 e. The topological polar surface area (TPSA) is 88.8 Å². The molecule has 2 aromatic carbocycles. The summed E-state index contributed by atoms with van der Waals surface area (Å²) in [4.78, 5) is 13.1. The lowest BCUT2D eigenvalue weighted by Gasteiger charge is -2.37. The molecule has 3 aromatic rings. The van der Waals surface area contributed by atoms with Gasteiger partial charge in [0.05, 0.1) is 19.9 Å². The van der Waals surface area contributed by atoms with E-state index in [1.54, 1.807) is 26.4 Å². The minimum absolute atomic E-state index is 0.233. The van der Waals surface area contributed by atoms with Crippen molar-refractivity contribution in [2.24, 2.45) is 0 Å². The lowest BCUT2D eigenvalue weighted by Crippen LogP contribution is -2.47. The zero-order chi connectivity index (χ0) is 21.8. The number of aromatic nitrogens is 2. The monoisotopic (exact) mass is 424 g/mol. The van der Waals surface area contributed by atoms with E-state index in [-0.39, 0.29) is 5.82 Å². The van der Waals surface area contributed by atoms with E-state index in [0.717, 1.165) is 31.9 Å². The van der Waals surface area contributed by atoms with Gasteiger partial charge in [0.1, 0.15) is 29.3 Å². The first-order valence-electron chi connectivity index (χ1n) is 9.94. The maximum atomic E-state index is 13.2. The van der Waals surface area contributed by atoms with Gasteiger partial charge in [-0.25, -0.2) is 14.4 Å². The van der Waals surface area contributed by atoms with Gasteiger partial charge in [0, 0.05) is 37.9 Å². The predicted molar refractivity (Wildman–Crippen MR) is 120 cm³/mol. The third kappa shape index (κ3) is 4.40. The Bertz CT molecular complexity index is 1040. The van der Waals surface area contributed by atoms with Crippen LogP contribution in [0.25, 0.3) is 0 Å². The van der Waals surface area contributed by atoms with Crippen LogP contribution in [0.1, 0.15) is 0 Å². The summed E-state index contributed by atoms with van der Waals surface area (Å²) in [6, 6.07) is 12.0. The molecule has 2 heterocycles. The lowest BCUT2D eigenvalue weighted by atomic mass is 10.2. The molecular weight excluding hydrogens is 399 g/mol. The Labute approximate surface area is 180 Å². The highest BCUT2D eigenvalue weighted by molar-refractivity contribution is 5.80. The van der Waals surface area contributed by atoms with Gasteiger partial charge in [-0.1, -0.05) is 0 Å². The summed E-state index contributed by atoms with van der Waals surface area (Å²) in [7, 11) is 3.21. The summed E-state index contributed by atoms with van der Waals surface area (Å²) in [5, 5.41) is 3.23. The van der Waals surface area contributed by atoms with Crippen LogP contribution in [-0.4, -0.2) is 50.4 Å². The number of hydrogen-bond donors (Lipinski definition) is 2. The van der Waals surface area contributed by atoms with Crippen LogP contribution in [0.4, 0.5) is 33.1 Å². The zero-order valence-corrected chi connectivity index (χ0v) is 17.5. The van der Waals surface area contributed by atoms with Crippen LogP contribution in [0.5, 0.6) is 11.5 Å². The number of halogens is 1. The van der Waals surface area contributed by atoms with Crippen LogP contribution in [-0.2, 0) is 0 Å². The summed E-state index contributed by atoms with van der Waals surface area (Å²) in [6.45, 7) is 3.03. The summed E-state index contributed by atoms with van der Waals surface area (Å²) in [5.74, 6) is 2.28. The summed E-state index contributed by atoms with van der Waals surface area (Å²) in [6.07, 6.45) is 1.49. The number of piperazine rings is 1. The van der Waals surface area contributed by atoms with E-state index in [1.165, 1.54) is 18.5 Å². The Morgan fingerprint density at radius 3 is 2.32 bits per heavy atom. The number of nitrogen functional groups attached to an aromatic ring is 1. The first-order valence-corrected chi connectivity index (χ1v) is 9.94. The molecule has 8 nitrogen and oxygen atoms in total. The number of ether oxygens (including phenoxy) is 2. The molecule has 0 aliphatic carbocycles. The van der Waals surface area contributed by atoms with E-state index in [1.807, 2.05) is 18.2 Å². The molecule has 0 bridgehead atoms. The molecule has 0 amide bonds. The van der Waals surface area contributed by atoms with Gasteiger partial charge in [-0.15, -0.1) is 0 Å². The number of anilines is 5. The standard InChI is InChI=1S/C22H25FN6O2/c1-30-17-7-8-19(31-2)18(13-17)27-21-20(24)22(26-14-25-21)29-11-9-28(10-12-29)16-5-3-15(23)4-6-16/h3-8,13-14H,9-12,24H2,1-2H3,(H,25,26,27). The molecule has 1 saturated heterocycles. The van der Waals surface area contributed by atoms with Gasteiger partial charge in [-0.3, -0.25) is 0 Å². The normalized spacial score (nSPS) is 13.8. The van der Waals surface area contributed by atoms with E-state index < -0.39 is 0 Å². The van der Waals surface area contributed by atoms with Gasteiger partial charge in [0.25, 0.3) is 0 Å². The molecule has 0 saturated carbocycles. The molecule has 1 aromatic heterocycles. The van der Waals surface area contributed by atoms with Crippen molar-refractivity contribution in [1.29, 1.82) is 0 Å². The molecule has 0 unspecified atom stereocenters. The Morgan fingerprint density at radius 2 is 1.65 bits per heavy atom. The maximum absolute atomic E-state index is 13.2. The van der Waals surface area contributed by atoms with E-state index in [9.17, 15) is 4.39 Å². The Balaban J connectivity index is 1.50. The quantitative estimate of drug-likeness (QED) is 0.623. The second-order valence-electron chi connectivity index (χ2n) is 7.10. The highest BCUT2D eigenvalue weighted by atomic mass is 19.1. The molecule has 9 heteroatoms. The Morgan fingerprint density at radius 1 is 0.935 bits per heavy atom. The lowest BCUT2D eigenvalue weighted by molar-refractivity contribution is 0.405. The van der Waals surface area contributed by atoms with E-state index in [4.69, 9.17) is 15.2 Å². The van der Waals surface area contributed by atoms with E-state index >= 15 is 0 Å². The number of rotatable bonds is 6. The van der Waals surface area contributed by atoms with Crippen LogP contribution in [0.15, 0.2) is 48.8 Å². The second kappa shape index (κ2) is 8.95. The minimum Gasteiger partial charge on any atom is -0.497 e. The second-order valence-corrected chi connectivity index (χ2v) is 7.10. The van der Waals surface area contributed by atoms with Gasteiger partial charge in [-0.2, -0.15) is 0 Å². The Hall–Kier alpha value is -3.75. The molecular formula is C22H25FN6O2. The maximum Gasteiger partial charge on any atom is 0.159 e. The highest BCUT2D eigenvalue weighted by Crippen LogP contribution is 2.35. The molecule has 4 rings (SSSR count). The van der Waals surface area contributed by atoms with Crippen LogP contribution >= 0.6 is 0 Å². The number of nitrogens with two attached hydrogens (primary N) is 1. The fraction of sp³-hybridized carbons (Fsp3) is 0.273. The van der Waals surface area contributed by atoms with Crippen LogP contribution in [0, 0.1) is 5.82 Å². The first kappa shape index (κ1) is 20.5. The molecule has 0 atom stereocenters. The van der Waals surface area contributed by atoms with Crippen molar-refractivity contribution in [2.45, 2.75) is 0 Å². The van der Waals surface area contributed by atoms with Crippen LogP contribution in [0.3, 0.4) is 0 Å². The van der Waals surface area contributed by atoms with Crippen molar-refractivity contribution < 1.29 is 13.9 Å². The summed E-state index contributed by atoms with van der Waals surface area (Å²) < 4.78 is 23.9. The third-order valence-electron chi connectivity index (χ3n) is 5.29. The summed E-state index contributed by atoms with van der Waals surface area (Å²) >= 11 is 0. The fourth-order valence-corrected chi connectivity index (χ4v) is 3.61. The van der Waals surface area contributed by atoms with Gasteiger partial charge in [-0.05, 0) is 36.4 Å². The Kier molecular flexibility index (Phi) is 5.92. The van der Waals surface area contributed by atoms with Gasteiger partial charge in [0.2, 0.25) is 0 Å². The summed E-state index contributed by atoms with van der Waals surface area (Å²) in [5.41, 5.74) is 8.59.